The number of methoxy groups -OCH3 is 1. The number of carbonyl (C=O) groups excluding carboxylic acids is 1. The van der Waals surface area contributed by atoms with Crippen LogP contribution in [-0.2, 0) is 6.61 Å². The molecule has 106 valence electrons. The van der Waals surface area contributed by atoms with E-state index in [4.69, 9.17) is 14.7 Å². The highest BCUT2D eigenvalue weighted by Gasteiger charge is 2.07. The van der Waals surface area contributed by atoms with Crippen molar-refractivity contribution < 1.29 is 14.3 Å². The van der Waals surface area contributed by atoms with E-state index in [0.29, 0.717) is 23.3 Å². The molecular weight excluding hydrogens is 268 g/mol. The second-order valence-electron chi connectivity index (χ2n) is 4.39. The molecule has 0 atom stereocenters. The van der Waals surface area contributed by atoms with E-state index in [0.717, 1.165) is 11.3 Å². The van der Waals surface area contributed by atoms with E-state index in [-0.39, 0.29) is 12.3 Å². The standard InChI is InChI=1S/C16H14N2O3/c1-11-3-5-16(14(9-19)18-11)21-10-12-4-6-15(20-2)13(7-12)8-17/h3-7,9H,10H2,1-2H3. The van der Waals surface area contributed by atoms with Gasteiger partial charge >= 0.3 is 0 Å². The first-order valence-electron chi connectivity index (χ1n) is 6.30. The van der Waals surface area contributed by atoms with Crippen LogP contribution in [0.4, 0.5) is 0 Å². The van der Waals surface area contributed by atoms with E-state index in [1.807, 2.05) is 6.07 Å². The van der Waals surface area contributed by atoms with Crippen LogP contribution in [0.25, 0.3) is 0 Å². The van der Waals surface area contributed by atoms with Crippen LogP contribution in [0.15, 0.2) is 30.3 Å². The van der Waals surface area contributed by atoms with Crippen molar-refractivity contribution in [3.8, 4) is 17.6 Å². The third kappa shape index (κ3) is 3.37. The summed E-state index contributed by atoms with van der Waals surface area (Å²) in [5, 5.41) is 9.04. The minimum absolute atomic E-state index is 0.240. The number of aryl methyl sites for hydroxylation is 1. The fourth-order valence-corrected chi connectivity index (χ4v) is 1.86. The molecule has 2 aromatic rings. The van der Waals surface area contributed by atoms with E-state index < -0.39 is 0 Å². The maximum absolute atomic E-state index is 11.0. The third-order valence-electron chi connectivity index (χ3n) is 2.92. The Balaban J connectivity index is 2.17. The summed E-state index contributed by atoms with van der Waals surface area (Å²) in [5.41, 5.74) is 2.27. The number of hydrogen-bond acceptors (Lipinski definition) is 5. The maximum Gasteiger partial charge on any atom is 0.172 e. The summed E-state index contributed by atoms with van der Waals surface area (Å²) in [7, 11) is 1.51. The zero-order valence-electron chi connectivity index (χ0n) is 11.8. The Bertz CT molecular complexity index is 705. The van der Waals surface area contributed by atoms with Gasteiger partial charge in [-0.1, -0.05) is 6.07 Å². The quantitative estimate of drug-likeness (QED) is 0.788. The van der Waals surface area contributed by atoms with Crippen molar-refractivity contribution >= 4 is 6.29 Å². The molecule has 1 aromatic carbocycles. The summed E-state index contributed by atoms with van der Waals surface area (Å²) in [6, 6.07) is 10.8. The van der Waals surface area contributed by atoms with Crippen molar-refractivity contribution in [2.24, 2.45) is 0 Å². The average Bonchev–Trinajstić information content (AvgIpc) is 2.53. The molecule has 0 saturated carbocycles. The first-order valence-corrected chi connectivity index (χ1v) is 6.30. The van der Waals surface area contributed by atoms with Gasteiger partial charge in [-0.05, 0) is 36.8 Å². The molecule has 0 aliphatic heterocycles. The van der Waals surface area contributed by atoms with E-state index in [1.165, 1.54) is 7.11 Å². The van der Waals surface area contributed by atoms with Crippen LogP contribution < -0.4 is 9.47 Å². The Morgan fingerprint density at radius 3 is 2.71 bits per heavy atom. The Labute approximate surface area is 122 Å². The number of ether oxygens (including phenoxy) is 2. The molecule has 0 bridgehead atoms. The molecule has 0 radical (unpaired) electrons. The zero-order chi connectivity index (χ0) is 15.2. The van der Waals surface area contributed by atoms with Crippen LogP contribution in [0, 0.1) is 18.3 Å². The second-order valence-corrected chi connectivity index (χ2v) is 4.39. The van der Waals surface area contributed by atoms with Crippen molar-refractivity contribution in [1.82, 2.24) is 4.98 Å². The summed E-state index contributed by atoms with van der Waals surface area (Å²) in [6.45, 7) is 2.05. The van der Waals surface area contributed by atoms with E-state index >= 15 is 0 Å². The normalized spacial score (nSPS) is 9.76. The molecule has 0 unspecified atom stereocenters. The topological polar surface area (TPSA) is 72.2 Å². The number of nitrogens with zero attached hydrogens (tertiary/aromatic N) is 2. The van der Waals surface area contributed by atoms with E-state index in [2.05, 4.69) is 11.1 Å². The lowest BCUT2D eigenvalue weighted by Gasteiger charge is -2.10. The minimum Gasteiger partial charge on any atom is -0.495 e. The molecule has 5 heteroatoms. The number of rotatable bonds is 5. The van der Waals surface area contributed by atoms with Gasteiger partial charge in [0.05, 0.1) is 12.7 Å². The first kappa shape index (κ1) is 14.5. The second kappa shape index (κ2) is 6.53. The van der Waals surface area contributed by atoms with Gasteiger partial charge in [-0.15, -0.1) is 0 Å². The van der Waals surface area contributed by atoms with Crippen molar-refractivity contribution in [3.63, 3.8) is 0 Å². The Morgan fingerprint density at radius 1 is 1.29 bits per heavy atom. The molecule has 1 heterocycles. The van der Waals surface area contributed by atoms with Crippen LogP contribution in [0.1, 0.15) is 27.3 Å². The Hall–Kier alpha value is -2.87. The van der Waals surface area contributed by atoms with Crippen LogP contribution in [0.5, 0.6) is 11.5 Å². The van der Waals surface area contributed by atoms with Gasteiger partial charge in [0.15, 0.2) is 6.29 Å². The lowest BCUT2D eigenvalue weighted by Crippen LogP contribution is -2.01. The fourth-order valence-electron chi connectivity index (χ4n) is 1.86. The SMILES string of the molecule is COc1ccc(COc2ccc(C)nc2C=O)cc1C#N. The molecule has 0 fully saturated rings. The highest BCUT2D eigenvalue weighted by Crippen LogP contribution is 2.21. The summed E-state index contributed by atoms with van der Waals surface area (Å²) in [4.78, 5) is 15.1. The van der Waals surface area contributed by atoms with Gasteiger partial charge in [0, 0.05) is 5.69 Å². The van der Waals surface area contributed by atoms with Crippen molar-refractivity contribution in [3.05, 3.63) is 52.8 Å². The molecule has 0 N–H and O–H groups in total. The van der Waals surface area contributed by atoms with Crippen molar-refractivity contribution in [1.29, 1.82) is 5.26 Å². The Morgan fingerprint density at radius 2 is 2.05 bits per heavy atom. The highest BCUT2D eigenvalue weighted by atomic mass is 16.5. The maximum atomic E-state index is 11.0. The van der Waals surface area contributed by atoms with E-state index in [1.54, 1.807) is 31.2 Å². The molecule has 0 saturated heterocycles. The van der Waals surface area contributed by atoms with Gasteiger partial charge < -0.3 is 9.47 Å². The van der Waals surface area contributed by atoms with Gasteiger partial charge in [-0.3, -0.25) is 4.79 Å². The molecule has 5 nitrogen and oxygen atoms in total. The minimum atomic E-state index is 0.240. The van der Waals surface area contributed by atoms with Gasteiger partial charge in [-0.25, -0.2) is 4.98 Å². The predicted molar refractivity (Wildman–Crippen MR) is 76.4 cm³/mol. The van der Waals surface area contributed by atoms with Gasteiger partial charge in [0.2, 0.25) is 0 Å². The molecule has 0 aliphatic carbocycles. The summed E-state index contributed by atoms with van der Waals surface area (Å²) < 4.78 is 10.7. The van der Waals surface area contributed by atoms with Crippen molar-refractivity contribution in [2.45, 2.75) is 13.5 Å². The molecule has 0 spiro atoms. The Kier molecular flexibility index (Phi) is 4.52. The number of hydrogen-bond donors (Lipinski definition) is 0. The molecule has 21 heavy (non-hydrogen) atoms. The van der Waals surface area contributed by atoms with Gasteiger partial charge in [0.1, 0.15) is 29.9 Å². The number of nitriles is 1. The monoisotopic (exact) mass is 282 g/mol. The number of pyridine rings is 1. The summed E-state index contributed by atoms with van der Waals surface area (Å²) >= 11 is 0. The van der Waals surface area contributed by atoms with Gasteiger partial charge in [0.25, 0.3) is 0 Å². The summed E-state index contributed by atoms with van der Waals surface area (Å²) in [6.07, 6.45) is 0.664. The van der Waals surface area contributed by atoms with Crippen LogP contribution in [0.2, 0.25) is 0 Å². The lowest BCUT2D eigenvalue weighted by molar-refractivity contribution is 0.111. The fraction of sp³-hybridized carbons (Fsp3) is 0.188. The van der Waals surface area contributed by atoms with Crippen LogP contribution in [0.3, 0.4) is 0 Å². The summed E-state index contributed by atoms with van der Waals surface area (Å²) in [5.74, 6) is 0.941. The van der Waals surface area contributed by atoms with E-state index in [9.17, 15) is 4.79 Å². The van der Waals surface area contributed by atoms with Gasteiger partial charge in [-0.2, -0.15) is 5.26 Å². The molecule has 0 aliphatic rings. The number of carbonyl (C=O) groups is 1. The first-order chi connectivity index (χ1) is 10.2. The molecular formula is C16H14N2O3. The third-order valence-corrected chi connectivity index (χ3v) is 2.92. The zero-order valence-corrected chi connectivity index (χ0v) is 11.8. The largest absolute Gasteiger partial charge is 0.495 e. The number of aromatic nitrogens is 1. The smallest absolute Gasteiger partial charge is 0.172 e. The molecule has 2 rings (SSSR count). The number of aldehydes is 1. The molecule has 0 amide bonds. The predicted octanol–water partition coefficient (Wildman–Crippen LogP) is 2.66. The number of benzene rings is 1. The average molecular weight is 282 g/mol. The highest BCUT2D eigenvalue weighted by molar-refractivity contribution is 5.76. The van der Waals surface area contributed by atoms with Crippen molar-refractivity contribution in [2.75, 3.05) is 7.11 Å². The molecule has 1 aromatic heterocycles. The van der Waals surface area contributed by atoms with Crippen LogP contribution >= 0.6 is 0 Å². The lowest BCUT2D eigenvalue weighted by atomic mass is 10.1. The van der Waals surface area contributed by atoms with Crippen LogP contribution in [-0.4, -0.2) is 18.4 Å².